The zero-order valence-electron chi connectivity index (χ0n) is 6.46. The average molecular weight is 158 g/mol. The van der Waals surface area contributed by atoms with Crippen LogP contribution in [0.1, 0.15) is 23.9 Å². The number of nitrogens with zero attached hydrogens (tertiary/aromatic N) is 1. The Kier molecular flexibility index (Phi) is 2.06. The first-order valence-electron chi connectivity index (χ1n) is 3.27. The fraction of sp³-hybridized carbons (Fsp3) is 0.571. The third-order valence-electron chi connectivity index (χ3n) is 1.49. The smallest absolute Gasteiger partial charge is 0.258 e. The van der Waals surface area contributed by atoms with Crippen molar-refractivity contribution < 1.29 is 9.67 Å². The Morgan fingerprint density at radius 1 is 1.60 bits per heavy atom. The summed E-state index contributed by atoms with van der Waals surface area (Å²) in [6, 6.07) is 0. The van der Waals surface area contributed by atoms with Crippen molar-refractivity contribution in [2.75, 3.05) is 0 Å². The Morgan fingerprint density at radius 3 is 2.40 bits per heavy atom. The minimum absolute atomic E-state index is 0.397. The quantitative estimate of drug-likeness (QED) is 0.609. The molecule has 0 fully saturated rings. The lowest BCUT2D eigenvalue weighted by molar-refractivity contribution is -0.761. The Morgan fingerprint density at radius 2 is 2.20 bits per heavy atom. The maximum Gasteiger partial charge on any atom is 0.258 e. The van der Waals surface area contributed by atoms with Gasteiger partial charge in [0.05, 0.1) is 5.38 Å². The van der Waals surface area contributed by atoms with Gasteiger partial charge in [-0.15, -0.1) is 0 Å². The third kappa shape index (κ3) is 1.20. The van der Waals surface area contributed by atoms with Gasteiger partial charge >= 0.3 is 0 Å². The highest BCUT2D eigenvalue weighted by molar-refractivity contribution is 7.09. The van der Waals surface area contributed by atoms with Gasteiger partial charge in [0, 0.05) is 20.8 Å². The second-order valence-corrected chi connectivity index (χ2v) is 3.46. The topological polar surface area (TPSA) is 24.1 Å². The van der Waals surface area contributed by atoms with Crippen molar-refractivity contribution in [3.05, 3.63) is 16.1 Å². The van der Waals surface area contributed by atoms with Gasteiger partial charge in [-0.05, 0) is 0 Å². The minimum Gasteiger partial charge on any atom is -0.337 e. The first-order chi connectivity index (χ1) is 4.63. The Labute approximate surface area is 64.8 Å². The van der Waals surface area contributed by atoms with Crippen LogP contribution in [-0.2, 0) is 0 Å². The van der Waals surface area contributed by atoms with Crippen LogP contribution in [0.15, 0.2) is 5.38 Å². The fourth-order valence-corrected chi connectivity index (χ4v) is 1.96. The SMILES string of the molecule is Cc1csc(C)[n+]1C(C)O. The van der Waals surface area contributed by atoms with Crippen LogP contribution in [0.2, 0.25) is 0 Å². The highest BCUT2D eigenvalue weighted by Gasteiger charge is 2.17. The molecule has 0 aliphatic rings. The monoisotopic (exact) mass is 158 g/mol. The van der Waals surface area contributed by atoms with Crippen molar-refractivity contribution in [3.8, 4) is 0 Å². The second kappa shape index (κ2) is 2.68. The normalized spacial score (nSPS) is 13.6. The lowest BCUT2D eigenvalue weighted by atomic mass is 10.5. The molecule has 1 aromatic rings. The molecular formula is C7H12NOS+. The number of aliphatic hydroxyl groups excluding tert-OH is 1. The van der Waals surface area contributed by atoms with E-state index in [-0.39, 0.29) is 0 Å². The van der Waals surface area contributed by atoms with Crippen LogP contribution in [0.3, 0.4) is 0 Å². The Balaban J connectivity index is 3.10. The van der Waals surface area contributed by atoms with Crippen LogP contribution in [0, 0.1) is 13.8 Å². The van der Waals surface area contributed by atoms with E-state index in [2.05, 4.69) is 0 Å². The molecule has 1 N–H and O–H groups in total. The third-order valence-corrected chi connectivity index (χ3v) is 2.49. The van der Waals surface area contributed by atoms with E-state index in [1.807, 2.05) is 23.8 Å². The number of rotatable bonds is 1. The minimum atomic E-state index is -0.397. The molecule has 3 heteroatoms. The van der Waals surface area contributed by atoms with Crippen LogP contribution in [-0.4, -0.2) is 5.11 Å². The lowest BCUT2D eigenvalue weighted by Gasteiger charge is -1.97. The summed E-state index contributed by atoms with van der Waals surface area (Å²) in [4.78, 5) is 0. The molecule has 0 bridgehead atoms. The number of hydrogen-bond donors (Lipinski definition) is 1. The highest BCUT2D eigenvalue weighted by atomic mass is 32.1. The number of aliphatic hydroxyl groups is 1. The van der Waals surface area contributed by atoms with Crippen molar-refractivity contribution in [3.63, 3.8) is 0 Å². The predicted octanol–water partition coefficient (Wildman–Crippen LogP) is 1.16. The van der Waals surface area contributed by atoms with Gasteiger partial charge < -0.3 is 5.11 Å². The van der Waals surface area contributed by atoms with E-state index in [4.69, 9.17) is 0 Å². The van der Waals surface area contributed by atoms with Gasteiger partial charge in [0.2, 0.25) is 5.01 Å². The van der Waals surface area contributed by atoms with Gasteiger partial charge in [-0.25, -0.2) is 0 Å². The van der Waals surface area contributed by atoms with Gasteiger partial charge in [0.1, 0.15) is 0 Å². The molecule has 0 saturated carbocycles. The van der Waals surface area contributed by atoms with Gasteiger partial charge in [-0.3, -0.25) is 0 Å². The van der Waals surface area contributed by atoms with Crippen LogP contribution in [0.25, 0.3) is 0 Å². The molecule has 1 heterocycles. The average Bonchev–Trinajstić information content (AvgIpc) is 2.11. The summed E-state index contributed by atoms with van der Waals surface area (Å²) in [5, 5.41) is 12.4. The maximum atomic E-state index is 9.24. The van der Waals surface area contributed by atoms with E-state index in [1.165, 1.54) is 0 Å². The standard InChI is InChI=1S/C7H12NOS/c1-5-4-10-7(3)8(5)6(2)9/h4,6,9H,1-3H3/q+1. The molecule has 0 amide bonds. The van der Waals surface area contributed by atoms with E-state index in [1.54, 1.807) is 18.3 Å². The van der Waals surface area contributed by atoms with Gasteiger partial charge in [-0.2, -0.15) is 4.57 Å². The molecule has 0 radical (unpaired) electrons. The van der Waals surface area contributed by atoms with Gasteiger partial charge in [0.15, 0.2) is 5.69 Å². The summed E-state index contributed by atoms with van der Waals surface area (Å²) in [5.41, 5.74) is 1.12. The molecule has 0 aliphatic carbocycles. The molecular weight excluding hydrogens is 146 g/mol. The van der Waals surface area contributed by atoms with E-state index in [9.17, 15) is 5.11 Å². The van der Waals surface area contributed by atoms with Crippen molar-refractivity contribution in [1.82, 2.24) is 0 Å². The van der Waals surface area contributed by atoms with Gasteiger partial charge in [0.25, 0.3) is 6.23 Å². The molecule has 0 saturated heterocycles. The largest absolute Gasteiger partial charge is 0.337 e. The van der Waals surface area contributed by atoms with E-state index in [0.717, 1.165) is 10.7 Å². The number of hydrogen-bond acceptors (Lipinski definition) is 2. The molecule has 1 unspecified atom stereocenters. The zero-order chi connectivity index (χ0) is 7.72. The van der Waals surface area contributed by atoms with Crippen molar-refractivity contribution in [1.29, 1.82) is 0 Å². The van der Waals surface area contributed by atoms with Crippen molar-refractivity contribution >= 4 is 11.3 Å². The van der Waals surface area contributed by atoms with Crippen molar-refractivity contribution in [2.24, 2.45) is 0 Å². The van der Waals surface area contributed by atoms with Gasteiger partial charge in [-0.1, -0.05) is 11.3 Å². The zero-order valence-corrected chi connectivity index (χ0v) is 7.27. The molecule has 0 aromatic carbocycles. The van der Waals surface area contributed by atoms with Crippen molar-refractivity contribution in [2.45, 2.75) is 27.0 Å². The summed E-state index contributed by atoms with van der Waals surface area (Å²) < 4.78 is 1.91. The lowest BCUT2D eigenvalue weighted by Crippen LogP contribution is -2.40. The molecule has 1 rings (SSSR count). The van der Waals surface area contributed by atoms with Crippen LogP contribution < -0.4 is 4.57 Å². The van der Waals surface area contributed by atoms with Crippen LogP contribution >= 0.6 is 11.3 Å². The summed E-state index contributed by atoms with van der Waals surface area (Å²) in [6.45, 7) is 5.77. The maximum absolute atomic E-state index is 9.24. The molecule has 56 valence electrons. The summed E-state index contributed by atoms with van der Waals surface area (Å²) in [7, 11) is 0. The summed E-state index contributed by atoms with van der Waals surface area (Å²) >= 11 is 1.66. The number of aryl methyl sites for hydroxylation is 2. The van der Waals surface area contributed by atoms with Crippen LogP contribution in [0.5, 0.6) is 0 Å². The Hall–Kier alpha value is -0.410. The van der Waals surface area contributed by atoms with E-state index in [0.29, 0.717) is 0 Å². The predicted molar refractivity (Wildman–Crippen MR) is 40.9 cm³/mol. The molecule has 10 heavy (non-hydrogen) atoms. The molecule has 1 aromatic heterocycles. The van der Waals surface area contributed by atoms with E-state index >= 15 is 0 Å². The number of thiazole rings is 1. The summed E-state index contributed by atoms with van der Waals surface area (Å²) in [6.07, 6.45) is -0.397. The molecule has 1 atom stereocenters. The second-order valence-electron chi connectivity index (χ2n) is 2.40. The molecule has 0 aliphatic heterocycles. The van der Waals surface area contributed by atoms with E-state index < -0.39 is 6.23 Å². The number of aromatic nitrogens is 1. The fourth-order valence-electron chi connectivity index (χ4n) is 1.09. The van der Waals surface area contributed by atoms with Crippen LogP contribution in [0.4, 0.5) is 0 Å². The first kappa shape index (κ1) is 7.69. The molecule has 2 nitrogen and oxygen atoms in total. The first-order valence-corrected chi connectivity index (χ1v) is 4.15. The Bertz CT molecular complexity index is 210. The highest BCUT2D eigenvalue weighted by Crippen LogP contribution is 2.07. The molecule has 0 spiro atoms. The summed E-state index contributed by atoms with van der Waals surface area (Å²) in [5.74, 6) is 0.